The SMILES string of the molecule is CNC(=O)c1ccc(NC(=O)COC(=O)CC2Sc3ccc(Cl)cc3NC2=O)cc1. The number of hydrogen-bond donors (Lipinski definition) is 3. The van der Waals surface area contributed by atoms with Crippen LogP contribution in [0.1, 0.15) is 16.8 Å². The molecule has 10 heteroatoms. The van der Waals surface area contributed by atoms with Gasteiger partial charge in [0.25, 0.3) is 11.8 Å². The van der Waals surface area contributed by atoms with Gasteiger partial charge < -0.3 is 20.7 Å². The number of ether oxygens (including phenoxy) is 1. The Labute approximate surface area is 181 Å². The average molecular weight is 448 g/mol. The van der Waals surface area contributed by atoms with Crippen molar-refractivity contribution in [3.63, 3.8) is 0 Å². The molecule has 0 aromatic heterocycles. The maximum absolute atomic E-state index is 12.2. The second-order valence-corrected chi connectivity index (χ2v) is 7.99. The molecule has 3 rings (SSSR count). The van der Waals surface area contributed by atoms with E-state index in [1.54, 1.807) is 42.5 Å². The molecule has 1 unspecified atom stereocenters. The molecule has 30 heavy (non-hydrogen) atoms. The van der Waals surface area contributed by atoms with Crippen molar-refractivity contribution < 1.29 is 23.9 Å². The third-order valence-corrected chi connectivity index (χ3v) is 5.65. The summed E-state index contributed by atoms with van der Waals surface area (Å²) in [6, 6.07) is 11.4. The van der Waals surface area contributed by atoms with E-state index in [1.165, 1.54) is 18.8 Å². The highest BCUT2D eigenvalue weighted by Gasteiger charge is 2.29. The number of anilines is 2. The van der Waals surface area contributed by atoms with Crippen LogP contribution >= 0.6 is 23.4 Å². The lowest BCUT2D eigenvalue weighted by molar-refractivity contribution is -0.147. The van der Waals surface area contributed by atoms with Crippen molar-refractivity contribution in [3.05, 3.63) is 53.1 Å². The van der Waals surface area contributed by atoms with Gasteiger partial charge in [-0.1, -0.05) is 11.6 Å². The summed E-state index contributed by atoms with van der Waals surface area (Å²) < 4.78 is 4.98. The summed E-state index contributed by atoms with van der Waals surface area (Å²) in [4.78, 5) is 48.5. The minimum absolute atomic E-state index is 0.174. The van der Waals surface area contributed by atoms with Crippen LogP contribution in [0, 0.1) is 0 Å². The van der Waals surface area contributed by atoms with Gasteiger partial charge in [0.1, 0.15) is 0 Å². The van der Waals surface area contributed by atoms with E-state index >= 15 is 0 Å². The molecule has 0 spiro atoms. The zero-order valence-electron chi connectivity index (χ0n) is 15.9. The van der Waals surface area contributed by atoms with Crippen molar-refractivity contribution in [2.45, 2.75) is 16.6 Å². The summed E-state index contributed by atoms with van der Waals surface area (Å²) >= 11 is 7.15. The first-order valence-electron chi connectivity index (χ1n) is 8.90. The fourth-order valence-electron chi connectivity index (χ4n) is 2.66. The molecule has 1 heterocycles. The highest BCUT2D eigenvalue weighted by molar-refractivity contribution is 8.01. The lowest BCUT2D eigenvalue weighted by Gasteiger charge is -2.23. The van der Waals surface area contributed by atoms with E-state index in [2.05, 4.69) is 16.0 Å². The van der Waals surface area contributed by atoms with Crippen molar-refractivity contribution >= 4 is 58.4 Å². The van der Waals surface area contributed by atoms with Crippen LogP contribution in [0.4, 0.5) is 11.4 Å². The molecule has 2 aromatic carbocycles. The quantitative estimate of drug-likeness (QED) is 0.587. The molecule has 8 nitrogen and oxygen atoms in total. The van der Waals surface area contributed by atoms with Crippen LogP contribution in [-0.4, -0.2) is 42.6 Å². The Morgan fingerprint density at radius 3 is 2.60 bits per heavy atom. The number of carbonyl (C=O) groups excluding carboxylic acids is 4. The van der Waals surface area contributed by atoms with Gasteiger partial charge in [0.2, 0.25) is 5.91 Å². The smallest absolute Gasteiger partial charge is 0.307 e. The van der Waals surface area contributed by atoms with Crippen LogP contribution in [0.25, 0.3) is 0 Å². The molecule has 1 atom stereocenters. The third-order valence-electron chi connectivity index (χ3n) is 4.14. The zero-order chi connectivity index (χ0) is 21.7. The van der Waals surface area contributed by atoms with Gasteiger partial charge >= 0.3 is 5.97 Å². The fourth-order valence-corrected chi connectivity index (χ4v) is 3.91. The first-order valence-corrected chi connectivity index (χ1v) is 10.2. The molecular weight excluding hydrogens is 430 g/mol. The van der Waals surface area contributed by atoms with Crippen LogP contribution in [0.3, 0.4) is 0 Å². The highest BCUT2D eigenvalue weighted by atomic mass is 35.5. The lowest BCUT2D eigenvalue weighted by Crippen LogP contribution is -2.32. The number of rotatable bonds is 6. The van der Waals surface area contributed by atoms with Crippen LogP contribution in [0.2, 0.25) is 5.02 Å². The number of thioether (sulfide) groups is 1. The Kier molecular flexibility index (Phi) is 6.96. The largest absolute Gasteiger partial charge is 0.456 e. The molecule has 0 radical (unpaired) electrons. The fraction of sp³-hybridized carbons (Fsp3) is 0.200. The molecule has 0 fully saturated rings. The average Bonchev–Trinajstić information content (AvgIpc) is 2.73. The van der Waals surface area contributed by atoms with Gasteiger partial charge in [-0.2, -0.15) is 0 Å². The van der Waals surface area contributed by atoms with E-state index in [9.17, 15) is 19.2 Å². The summed E-state index contributed by atoms with van der Waals surface area (Å²) in [5.41, 5.74) is 1.51. The Balaban J connectivity index is 1.47. The van der Waals surface area contributed by atoms with Gasteiger partial charge in [-0.25, -0.2) is 0 Å². The molecule has 2 aromatic rings. The monoisotopic (exact) mass is 447 g/mol. The van der Waals surface area contributed by atoms with Gasteiger partial charge in [-0.15, -0.1) is 11.8 Å². The first kappa shape index (κ1) is 21.7. The summed E-state index contributed by atoms with van der Waals surface area (Å²) in [6.45, 7) is -0.485. The molecule has 3 N–H and O–H groups in total. The van der Waals surface area contributed by atoms with Gasteiger partial charge in [0, 0.05) is 28.2 Å². The first-order chi connectivity index (χ1) is 14.4. The lowest BCUT2D eigenvalue weighted by atomic mass is 10.2. The molecule has 0 saturated carbocycles. The number of halogens is 1. The third kappa shape index (κ3) is 5.52. The van der Waals surface area contributed by atoms with Gasteiger partial charge in [0.05, 0.1) is 17.4 Å². The minimum atomic E-state index is -0.662. The predicted molar refractivity (Wildman–Crippen MR) is 114 cm³/mol. The van der Waals surface area contributed by atoms with E-state index in [-0.39, 0.29) is 18.2 Å². The molecular formula is C20H18ClN3O5S. The van der Waals surface area contributed by atoms with Crippen molar-refractivity contribution in [2.75, 3.05) is 24.3 Å². The Morgan fingerprint density at radius 2 is 1.90 bits per heavy atom. The van der Waals surface area contributed by atoms with Crippen molar-refractivity contribution in [1.29, 1.82) is 0 Å². The summed E-state index contributed by atoms with van der Waals surface area (Å²) in [6.07, 6.45) is -0.174. The van der Waals surface area contributed by atoms with E-state index in [0.29, 0.717) is 22.0 Å². The summed E-state index contributed by atoms with van der Waals surface area (Å²) in [7, 11) is 1.52. The Morgan fingerprint density at radius 1 is 1.17 bits per heavy atom. The summed E-state index contributed by atoms with van der Waals surface area (Å²) in [5.74, 6) is -1.76. The second kappa shape index (κ2) is 9.64. The van der Waals surface area contributed by atoms with Crippen LogP contribution in [-0.2, 0) is 19.1 Å². The second-order valence-electron chi connectivity index (χ2n) is 6.31. The number of esters is 1. The van der Waals surface area contributed by atoms with Gasteiger partial charge in [-0.05, 0) is 42.5 Å². The topological polar surface area (TPSA) is 114 Å². The highest BCUT2D eigenvalue weighted by Crippen LogP contribution is 2.38. The van der Waals surface area contributed by atoms with Gasteiger partial charge in [0.15, 0.2) is 6.61 Å². The normalized spacial score (nSPS) is 14.9. The molecule has 0 saturated heterocycles. The number of nitrogens with one attached hydrogen (secondary N) is 3. The number of carbonyl (C=O) groups is 4. The molecule has 156 valence electrons. The van der Waals surface area contributed by atoms with E-state index in [1.807, 2.05) is 0 Å². The maximum Gasteiger partial charge on any atom is 0.307 e. The van der Waals surface area contributed by atoms with E-state index < -0.39 is 23.7 Å². The zero-order valence-corrected chi connectivity index (χ0v) is 17.4. The molecule has 1 aliphatic rings. The van der Waals surface area contributed by atoms with Crippen LogP contribution in [0.15, 0.2) is 47.4 Å². The summed E-state index contributed by atoms with van der Waals surface area (Å²) in [5, 5.41) is 7.62. The van der Waals surface area contributed by atoms with Crippen LogP contribution in [0.5, 0.6) is 0 Å². The minimum Gasteiger partial charge on any atom is -0.456 e. The van der Waals surface area contributed by atoms with E-state index in [0.717, 1.165) is 4.90 Å². The predicted octanol–water partition coefficient (Wildman–Crippen LogP) is 2.68. The maximum atomic E-state index is 12.2. The number of amides is 3. The molecule has 1 aliphatic heterocycles. The standard InChI is InChI=1S/C20H18ClN3O5S/c1-22-19(27)11-2-5-13(6-3-11)23-17(25)10-29-18(26)9-16-20(28)24-14-8-12(21)4-7-15(14)30-16/h2-8,16H,9-10H2,1H3,(H,22,27)(H,23,25)(H,24,28). The van der Waals surface area contributed by atoms with Crippen molar-refractivity contribution in [2.24, 2.45) is 0 Å². The Bertz CT molecular complexity index is 996. The Hall–Kier alpha value is -3.04. The number of benzene rings is 2. The number of hydrogen-bond acceptors (Lipinski definition) is 6. The molecule has 0 bridgehead atoms. The number of fused-ring (bicyclic) bond motifs is 1. The van der Waals surface area contributed by atoms with Crippen molar-refractivity contribution in [3.8, 4) is 0 Å². The van der Waals surface area contributed by atoms with Crippen molar-refractivity contribution in [1.82, 2.24) is 5.32 Å². The molecule has 3 amide bonds. The molecule has 0 aliphatic carbocycles. The van der Waals surface area contributed by atoms with E-state index in [4.69, 9.17) is 16.3 Å². The van der Waals surface area contributed by atoms with Crippen LogP contribution < -0.4 is 16.0 Å². The van der Waals surface area contributed by atoms with Gasteiger partial charge in [-0.3, -0.25) is 19.2 Å².